The molecule has 3 rings (SSSR count). The van der Waals surface area contributed by atoms with Gasteiger partial charge in [-0.1, -0.05) is 0 Å². The van der Waals surface area contributed by atoms with Gasteiger partial charge in [0.2, 0.25) is 0 Å². The fourth-order valence-electron chi connectivity index (χ4n) is 3.18. The second kappa shape index (κ2) is 7.89. The van der Waals surface area contributed by atoms with Crippen LogP contribution in [0.5, 0.6) is 0 Å². The number of nitrogens with zero attached hydrogens (tertiary/aromatic N) is 4. The lowest BCUT2D eigenvalue weighted by atomic mass is 10.1. The van der Waals surface area contributed by atoms with E-state index >= 15 is 0 Å². The van der Waals surface area contributed by atoms with Crippen LogP contribution in [0.1, 0.15) is 20.1 Å². The standard InChI is InChI=1S/C17H15F3N4O5S/c1-10-13(23(26)27)9-15(30-10)16(25)22-6-4-21(5-7-22)12-3-2-11(17(18,19)20)8-14(12)24(28)29/h2-3,8-9H,4-7H2,1H3. The molecule has 1 amide bonds. The smallest absolute Gasteiger partial charge is 0.362 e. The van der Waals surface area contributed by atoms with Gasteiger partial charge in [-0.2, -0.15) is 13.2 Å². The third-order valence-electron chi connectivity index (χ3n) is 4.71. The minimum Gasteiger partial charge on any atom is -0.362 e. The summed E-state index contributed by atoms with van der Waals surface area (Å²) in [5.74, 6) is -0.391. The zero-order valence-electron chi connectivity index (χ0n) is 15.5. The van der Waals surface area contributed by atoms with Crippen LogP contribution < -0.4 is 4.90 Å². The van der Waals surface area contributed by atoms with Crippen molar-refractivity contribution < 1.29 is 27.8 Å². The highest BCUT2D eigenvalue weighted by atomic mass is 32.1. The van der Waals surface area contributed by atoms with E-state index in [4.69, 9.17) is 0 Å². The summed E-state index contributed by atoms with van der Waals surface area (Å²) in [6.45, 7) is 2.22. The maximum Gasteiger partial charge on any atom is 0.416 e. The lowest BCUT2D eigenvalue weighted by molar-refractivity contribution is -0.385. The number of anilines is 1. The molecule has 0 saturated carbocycles. The number of alkyl halides is 3. The predicted molar refractivity (Wildman–Crippen MR) is 102 cm³/mol. The molecule has 1 aliphatic heterocycles. The first-order valence-corrected chi connectivity index (χ1v) is 9.45. The van der Waals surface area contributed by atoms with Crippen molar-refractivity contribution >= 4 is 34.3 Å². The molecule has 0 radical (unpaired) electrons. The van der Waals surface area contributed by atoms with Gasteiger partial charge in [-0.05, 0) is 19.1 Å². The highest BCUT2D eigenvalue weighted by molar-refractivity contribution is 7.14. The fraction of sp³-hybridized carbons (Fsp3) is 0.353. The van der Waals surface area contributed by atoms with Crippen LogP contribution in [0.2, 0.25) is 0 Å². The first kappa shape index (κ1) is 21.5. The second-order valence-corrected chi connectivity index (χ2v) is 7.80. The van der Waals surface area contributed by atoms with Crippen LogP contribution in [-0.4, -0.2) is 46.8 Å². The van der Waals surface area contributed by atoms with Gasteiger partial charge >= 0.3 is 6.18 Å². The number of nitro benzene ring substituents is 1. The monoisotopic (exact) mass is 444 g/mol. The molecule has 1 saturated heterocycles. The number of halogens is 3. The molecule has 0 atom stereocenters. The van der Waals surface area contributed by atoms with E-state index in [0.29, 0.717) is 10.9 Å². The highest BCUT2D eigenvalue weighted by Gasteiger charge is 2.34. The first-order valence-electron chi connectivity index (χ1n) is 8.63. The Labute approximate surface area is 171 Å². The first-order chi connectivity index (χ1) is 14.0. The minimum atomic E-state index is -4.70. The third-order valence-corrected chi connectivity index (χ3v) is 5.73. The van der Waals surface area contributed by atoms with Gasteiger partial charge in [0, 0.05) is 38.3 Å². The van der Waals surface area contributed by atoms with Gasteiger partial charge in [-0.3, -0.25) is 25.0 Å². The normalized spacial score (nSPS) is 14.7. The summed E-state index contributed by atoms with van der Waals surface area (Å²) in [4.78, 5) is 37.1. The number of hydrogen-bond donors (Lipinski definition) is 0. The number of benzene rings is 1. The number of carbonyl (C=O) groups excluding carboxylic acids is 1. The Morgan fingerprint density at radius 2 is 1.63 bits per heavy atom. The zero-order chi connectivity index (χ0) is 22.2. The summed E-state index contributed by atoms with van der Waals surface area (Å²) < 4.78 is 38.6. The molecule has 0 spiro atoms. The van der Waals surface area contributed by atoms with E-state index in [2.05, 4.69) is 0 Å². The van der Waals surface area contributed by atoms with Crippen LogP contribution >= 0.6 is 11.3 Å². The molecular formula is C17H15F3N4O5S. The van der Waals surface area contributed by atoms with Crippen molar-refractivity contribution in [2.24, 2.45) is 0 Å². The molecule has 0 unspecified atom stereocenters. The van der Waals surface area contributed by atoms with Crippen molar-refractivity contribution in [3.05, 3.63) is 59.8 Å². The van der Waals surface area contributed by atoms with Crippen molar-refractivity contribution in [3.8, 4) is 0 Å². The molecule has 1 aromatic heterocycles. The van der Waals surface area contributed by atoms with E-state index in [0.717, 1.165) is 23.5 Å². The molecule has 2 aromatic rings. The van der Waals surface area contributed by atoms with Crippen LogP contribution in [0.25, 0.3) is 0 Å². The third kappa shape index (κ3) is 4.20. The zero-order valence-corrected chi connectivity index (χ0v) is 16.3. The van der Waals surface area contributed by atoms with Crippen molar-refractivity contribution in [2.75, 3.05) is 31.1 Å². The number of amides is 1. The van der Waals surface area contributed by atoms with Gasteiger partial charge in [0.05, 0.1) is 25.2 Å². The lowest BCUT2D eigenvalue weighted by Gasteiger charge is -2.35. The maximum absolute atomic E-state index is 12.9. The summed E-state index contributed by atoms with van der Waals surface area (Å²) >= 11 is 1.01. The summed E-state index contributed by atoms with van der Waals surface area (Å²) in [6.07, 6.45) is -4.70. The van der Waals surface area contributed by atoms with E-state index in [1.165, 1.54) is 11.0 Å². The highest BCUT2D eigenvalue weighted by Crippen LogP contribution is 2.37. The Hall–Kier alpha value is -3.22. The Bertz CT molecular complexity index is 1020. The molecule has 30 heavy (non-hydrogen) atoms. The lowest BCUT2D eigenvalue weighted by Crippen LogP contribution is -2.48. The largest absolute Gasteiger partial charge is 0.416 e. The van der Waals surface area contributed by atoms with E-state index in [9.17, 15) is 38.2 Å². The van der Waals surface area contributed by atoms with E-state index in [-0.39, 0.29) is 42.4 Å². The second-order valence-electron chi connectivity index (χ2n) is 6.55. The summed E-state index contributed by atoms with van der Waals surface area (Å²) in [5, 5.41) is 22.2. The Morgan fingerprint density at radius 3 is 2.13 bits per heavy atom. The summed E-state index contributed by atoms with van der Waals surface area (Å²) in [6, 6.07) is 3.56. The predicted octanol–water partition coefficient (Wildman–Crippen LogP) is 3.85. The SMILES string of the molecule is Cc1sc(C(=O)N2CCN(c3ccc(C(F)(F)F)cc3[N+](=O)[O-])CC2)cc1[N+](=O)[O-]. The fourth-order valence-corrected chi connectivity index (χ4v) is 4.13. The molecule has 0 aliphatic carbocycles. The van der Waals surface area contributed by atoms with Crippen LogP contribution in [-0.2, 0) is 6.18 Å². The van der Waals surface area contributed by atoms with Crippen molar-refractivity contribution in [2.45, 2.75) is 13.1 Å². The topological polar surface area (TPSA) is 110 Å². The Kier molecular flexibility index (Phi) is 5.65. The van der Waals surface area contributed by atoms with Crippen LogP contribution in [0.3, 0.4) is 0 Å². The van der Waals surface area contributed by atoms with Gasteiger partial charge in [-0.25, -0.2) is 0 Å². The molecule has 1 fully saturated rings. The van der Waals surface area contributed by atoms with Crippen molar-refractivity contribution in [1.29, 1.82) is 0 Å². The minimum absolute atomic E-state index is 0.0442. The van der Waals surface area contributed by atoms with E-state index in [1.807, 2.05) is 0 Å². The van der Waals surface area contributed by atoms with Crippen molar-refractivity contribution in [1.82, 2.24) is 4.90 Å². The number of hydrogen-bond acceptors (Lipinski definition) is 7. The Morgan fingerprint density at radius 1 is 1.03 bits per heavy atom. The molecule has 1 aliphatic rings. The Balaban J connectivity index is 1.75. The maximum atomic E-state index is 12.9. The van der Waals surface area contributed by atoms with Gasteiger partial charge in [0.1, 0.15) is 5.69 Å². The molecule has 13 heteroatoms. The summed E-state index contributed by atoms with van der Waals surface area (Å²) in [5.41, 5.74) is -1.86. The number of piperazine rings is 1. The molecule has 2 heterocycles. The molecule has 9 nitrogen and oxygen atoms in total. The van der Waals surface area contributed by atoms with Gasteiger partial charge in [-0.15, -0.1) is 11.3 Å². The van der Waals surface area contributed by atoms with Gasteiger partial charge in [0.25, 0.3) is 17.3 Å². The van der Waals surface area contributed by atoms with E-state index < -0.39 is 33.2 Å². The van der Waals surface area contributed by atoms with E-state index in [1.54, 1.807) is 11.8 Å². The number of rotatable bonds is 4. The van der Waals surface area contributed by atoms with Crippen LogP contribution in [0.15, 0.2) is 24.3 Å². The molecule has 0 bridgehead atoms. The number of carbonyl (C=O) groups is 1. The van der Waals surface area contributed by atoms with Gasteiger partial charge in [0.15, 0.2) is 0 Å². The molecule has 1 aromatic carbocycles. The van der Waals surface area contributed by atoms with Gasteiger partial charge < -0.3 is 9.80 Å². The van der Waals surface area contributed by atoms with Crippen LogP contribution in [0, 0.1) is 27.2 Å². The number of thiophene rings is 1. The van der Waals surface area contributed by atoms with Crippen LogP contribution in [0.4, 0.5) is 30.2 Å². The quantitative estimate of drug-likeness (QED) is 0.523. The average Bonchev–Trinajstić information content (AvgIpc) is 3.08. The molecular weight excluding hydrogens is 429 g/mol. The molecule has 160 valence electrons. The summed E-state index contributed by atoms with van der Waals surface area (Å²) in [7, 11) is 0. The number of nitro groups is 2. The molecule has 0 N–H and O–H groups in total. The average molecular weight is 444 g/mol. The van der Waals surface area contributed by atoms with Crippen molar-refractivity contribution in [3.63, 3.8) is 0 Å². The number of aryl methyl sites for hydroxylation is 1.